The number of aliphatic carboxylic acids is 1. The minimum atomic E-state index is -0.747. The number of carbonyl (C=O) groups excluding carboxylic acids is 2. The Morgan fingerprint density at radius 1 is 1.00 bits per heavy atom. The molecular formula is C43H65N3O4. The molecule has 1 aromatic rings. The van der Waals surface area contributed by atoms with E-state index in [0.29, 0.717) is 60.4 Å². The van der Waals surface area contributed by atoms with E-state index in [1.165, 1.54) is 44.1 Å². The monoisotopic (exact) mass is 687 g/mol. The van der Waals surface area contributed by atoms with Gasteiger partial charge in [0.25, 0.3) is 0 Å². The van der Waals surface area contributed by atoms with Gasteiger partial charge >= 0.3 is 5.97 Å². The molecular weight excluding hydrogens is 622 g/mol. The molecule has 5 fully saturated rings. The number of hydrogen-bond donors (Lipinski definition) is 2. The van der Waals surface area contributed by atoms with Crippen LogP contribution in [0.25, 0.3) is 0 Å². The first-order chi connectivity index (χ1) is 23.5. The van der Waals surface area contributed by atoms with Gasteiger partial charge in [-0.05, 0) is 134 Å². The Labute approximate surface area is 301 Å². The Balaban J connectivity index is 1.09. The van der Waals surface area contributed by atoms with Crippen LogP contribution in [0.5, 0.6) is 0 Å². The molecule has 7 heteroatoms. The van der Waals surface area contributed by atoms with Crippen LogP contribution in [0.4, 0.5) is 0 Å². The molecule has 0 bridgehead atoms. The summed E-state index contributed by atoms with van der Waals surface area (Å²) in [6.07, 6.45) is 16.3. The minimum absolute atomic E-state index is 0.00575. The number of nitrogens with zero attached hydrogens (tertiary/aromatic N) is 2. The number of carboxylic acids is 1. The van der Waals surface area contributed by atoms with Gasteiger partial charge in [-0.15, -0.1) is 0 Å². The maximum absolute atomic E-state index is 13.9. The molecule has 7 rings (SSSR count). The molecule has 1 aromatic heterocycles. The van der Waals surface area contributed by atoms with Crippen molar-refractivity contribution in [3.63, 3.8) is 0 Å². The maximum atomic E-state index is 13.9. The van der Waals surface area contributed by atoms with Gasteiger partial charge in [0.15, 0.2) is 5.78 Å². The van der Waals surface area contributed by atoms with Gasteiger partial charge < -0.3 is 15.0 Å². The summed E-state index contributed by atoms with van der Waals surface area (Å²) in [7, 11) is 2.05. The van der Waals surface area contributed by atoms with Crippen molar-refractivity contribution in [1.29, 1.82) is 0 Å². The molecule has 6 aliphatic carbocycles. The van der Waals surface area contributed by atoms with Crippen LogP contribution in [0, 0.1) is 74.9 Å². The number of carbonyl (C=O) groups is 3. The number of aromatic nitrogens is 2. The van der Waals surface area contributed by atoms with Crippen molar-refractivity contribution in [1.82, 2.24) is 14.9 Å². The number of aryl methyl sites for hydroxylation is 1. The lowest BCUT2D eigenvalue weighted by molar-refractivity contribution is -0.193. The van der Waals surface area contributed by atoms with Gasteiger partial charge in [-0.2, -0.15) is 0 Å². The minimum Gasteiger partial charge on any atom is -0.481 e. The molecule has 0 saturated heterocycles. The summed E-state index contributed by atoms with van der Waals surface area (Å²) in [6.45, 7) is 18.3. The van der Waals surface area contributed by atoms with Crippen LogP contribution in [0.3, 0.4) is 0 Å². The van der Waals surface area contributed by atoms with Crippen LogP contribution < -0.4 is 5.32 Å². The summed E-state index contributed by atoms with van der Waals surface area (Å²) in [6, 6.07) is 0. The standard InChI is InChI=1S/C43H65N3O4/c1-25(2)37-33(48)23-43(17-18-44-24-36-45-19-20-46(36)8)16-12-31-28(38(37)43)9-10-35-41(31,6)15-13-34-40(4,5)27(11-14-42(34,35)7)21-32(47)29-22-30(26(29)3)39(49)50/h19-20,25-31,34-35,44H,9-18,21-24H2,1-8H3,(H,49,50). The number of Topliss-reactive ketones (excluding diaryl/α,β-unsaturated/α-hetero) is 2. The lowest BCUT2D eigenvalue weighted by atomic mass is 9.35. The smallest absolute Gasteiger partial charge is 0.306 e. The first-order valence-electron chi connectivity index (χ1n) is 20.3. The molecule has 7 nitrogen and oxygen atoms in total. The Hall–Kier alpha value is -2.28. The van der Waals surface area contributed by atoms with Crippen LogP contribution in [-0.4, -0.2) is 38.7 Å². The zero-order chi connectivity index (χ0) is 36.0. The third-order valence-corrected chi connectivity index (χ3v) is 16.9. The van der Waals surface area contributed by atoms with E-state index in [9.17, 15) is 19.5 Å². The first kappa shape index (κ1) is 36.1. The SMILES string of the molecule is CC(C)C1=C2C3CCC4C(C)(CCC5C(C)(C)C(CC(=O)C6CC(C(=O)O)C6C)CCC54C)C3CCC2(CCNCc2nccn2C)CC1=O. The average Bonchev–Trinajstić information content (AvgIpc) is 3.58. The number of imidazole rings is 1. The predicted molar refractivity (Wildman–Crippen MR) is 196 cm³/mol. The molecule has 276 valence electrons. The summed E-state index contributed by atoms with van der Waals surface area (Å²) in [5, 5.41) is 13.2. The first-order valence-corrected chi connectivity index (χ1v) is 20.3. The molecule has 0 spiro atoms. The summed E-state index contributed by atoms with van der Waals surface area (Å²) in [5.74, 6) is 3.62. The number of rotatable bonds is 10. The zero-order valence-corrected chi connectivity index (χ0v) is 32.3. The molecule has 0 aliphatic heterocycles. The molecule has 1 heterocycles. The summed E-state index contributed by atoms with van der Waals surface area (Å²) in [5.41, 5.74) is 3.37. The molecule has 6 aliphatic rings. The largest absolute Gasteiger partial charge is 0.481 e. The maximum Gasteiger partial charge on any atom is 0.306 e. The Bertz CT molecular complexity index is 1560. The normalized spacial score (nSPS) is 42.0. The highest BCUT2D eigenvalue weighted by Crippen LogP contribution is 2.74. The second kappa shape index (κ2) is 12.7. The molecule has 5 saturated carbocycles. The van der Waals surface area contributed by atoms with E-state index >= 15 is 0 Å². The van der Waals surface area contributed by atoms with Crippen molar-refractivity contribution in [2.45, 2.75) is 132 Å². The van der Waals surface area contributed by atoms with E-state index in [0.717, 1.165) is 38.2 Å². The van der Waals surface area contributed by atoms with Gasteiger partial charge in [0, 0.05) is 43.6 Å². The molecule has 50 heavy (non-hydrogen) atoms. The second-order valence-electron chi connectivity index (χ2n) is 19.6. The summed E-state index contributed by atoms with van der Waals surface area (Å²) in [4.78, 5) is 43.5. The van der Waals surface area contributed by atoms with Crippen molar-refractivity contribution >= 4 is 17.5 Å². The van der Waals surface area contributed by atoms with Gasteiger partial charge in [-0.1, -0.05) is 54.0 Å². The van der Waals surface area contributed by atoms with Crippen LogP contribution in [0.15, 0.2) is 23.5 Å². The molecule has 11 atom stereocenters. The second-order valence-corrected chi connectivity index (χ2v) is 19.6. The number of hydrogen-bond acceptors (Lipinski definition) is 5. The number of nitrogens with one attached hydrogen (secondary N) is 1. The van der Waals surface area contributed by atoms with E-state index < -0.39 is 5.97 Å². The molecule has 11 unspecified atom stereocenters. The zero-order valence-electron chi connectivity index (χ0n) is 32.3. The Kier molecular flexibility index (Phi) is 9.16. The number of allylic oxidation sites excluding steroid dienone is 2. The fourth-order valence-corrected chi connectivity index (χ4v) is 14.2. The van der Waals surface area contributed by atoms with Crippen molar-refractivity contribution in [2.75, 3.05) is 6.54 Å². The van der Waals surface area contributed by atoms with Crippen LogP contribution in [-0.2, 0) is 28.0 Å². The van der Waals surface area contributed by atoms with E-state index in [-0.39, 0.29) is 45.3 Å². The van der Waals surface area contributed by atoms with E-state index in [1.807, 2.05) is 26.4 Å². The number of fused-ring (bicyclic) bond motifs is 7. The fraction of sp³-hybridized carbons (Fsp3) is 0.814. The highest BCUT2D eigenvalue weighted by molar-refractivity contribution is 6.00. The van der Waals surface area contributed by atoms with Gasteiger partial charge in [0.2, 0.25) is 0 Å². The fourth-order valence-electron chi connectivity index (χ4n) is 14.2. The van der Waals surface area contributed by atoms with E-state index in [2.05, 4.69) is 56.4 Å². The quantitative estimate of drug-likeness (QED) is 0.240. The van der Waals surface area contributed by atoms with Gasteiger partial charge in [-0.25, -0.2) is 4.98 Å². The number of carboxylic acid groups (broad SMARTS) is 1. The highest BCUT2D eigenvalue weighted by atomic mass is 16.4. The van der Waals surface area contributed by atoms with Gasteiger partial charge in [-0.3, -0.25) is 14.4 Å². The van der Waals surface area contributed by atoms with Crippen LogP contribution >= 0.6 is 0 Å². The Morgan fingerprint density at radius 2 is 1.74 bits per heavy atom. The van der Waals surface area contributed by atoms with Gasteiger partial charge in [0.1, 0.15) is 11.6 Å². The van der Waals surface area contributed by atoms with Crippen molar-refractivity contribution in [2.24, 2.45) is 82.0 Å². The lowest BCUT2D eigenvalue weighted by Crippen LogP contribution is -2.62. The average molecular weight is 688 g/mol. The van der Waals surface area contributed by atoms with E-state index in [1.54, 1.807) is 5.57 Å². The van der Waals surface area contributed by atoms with E-state index in [4.69, 9.17) is 0 Å². The predicted octanol–water partition coefficient (Wildman–Crippen LogP) is 8.42. The third-order valence-electron chi connectivity index (χ3n) is 16.9. The molecule has 0 aromatic carbocycles. The molecule has 0 amide bonds. The van der Waals surface area contributed by atoms with Crippen molar-refractivity contribution < 1.29 is 19.5 Å². The molecule has 2 N–H and O–H groups in total. The molecule has 0 radical (unpaired) electrons. The van der Waals surface area contributed by atoms with Crippen LogP contribution in [0.2, 0.25) is 0 Å². The summed E-state index contributed by atoms with van der Waals surface area (Å²) < 4.78 is 2.08. The highest BCUT2D eigenvalue weighted by Gasteiger charge is 2.66. The van der Waals surface area contributed by atoms with Crippen LogP contribution in [0.1, 0.15) is 131 Å². The Morgan fingerprint density at radius 3 is 2.40 bits per heavy atom. The number of ketones is 2. The third kappa shape index (κ3) is 5.43. The van der Waals surface area contributed by atoms with Crippen molar-refractivity contribution in [3.05, 3.63) is 29.4 Å². The topological polar surface area (TPSA) is 101 Å². The summed E-state index contributed by atoms with van der Waals surface area (Å²) >= 11 is 0. The van der Waals surface area contributed by atoms with Crippen molar-refractivity contribution in [3.8, 4) is 0 Å². The lowest BCUT2D eigenvalue weighted by Gasteiger charge is -2.69. The van der Waals surface area contributed by atoms with Gasteiger partial charge in [0.05, 0.1) is 12.5 Å².